The van der Waals surface area contributed by atoms with Crippen LogP contribution in [0.2, 0.25) is 0 Å². The van der Waals surface area contributed by atoms with Crippen LogP contribution >= 0.6 is 0 Å². The minimum Gasteiger partial charge on any atom is -0.459 e. The number of oxazole rings is 1. The Morgan fingerprint density at radius 3 is 2.59 bits per heavy atom. The normalized spacial score (nSPS) is 10.6. The molecule has 3 aromatic rings. The van der Waals surface area contributed by atoms with Gasteiger partial charge in [-0.1, -0.05) is 12.1 Å². The number of furan rings is 1. The van der Waals surface area contributed by atoms with E-state index in [9.17, 15) is 9.59 Å². The Balaban J connectivity index is 1.48. The lowest BCUT2D eigenvalue weighted by Crippen LogP contribution is -2.27. The van der Waals surface area contributed by atoms with Gasteiger partial charge in [-0.15, -0.1) is 0 Å². The van der Waals surface area contributed by atoms with Crippen LogP contribution in [0, 0.1) is 6.92 Å². The quantitative estimate of drug-likeness (QED) is 0.669. The number of carbonyl (C=O) groups excluding carboxylic acids is 2. The summed E-state index contributed by atoms with van der Waals surface area (Å²) >= 11 is 0. The van der Waals surface area contributed by atoms with Crippen LogP contribution in [0.25, 0.3) is 11.7 Å². The standard InChI is InChI=1S/C20H21N3O4/c1-13-17(23-20(27-13)18-4-3-11-26-18)12-19(25)21-10-9-15-5-7-16(8-6-15)22-14(2)24/h3-8,11H,9-10,12H2,1-2H3,(H,21,25)(H,22,24). The van der Waals surface area contributed by atoms with E-state index in [0.717, 1.165) is 11.3 Å². The van der Waals surface area contributed by atoms with Crippen molar-refractivity contribution in [2.45, 2.75) is 26.7 Å². The highest BCUT2D eigenvalue weighted by Crippen LogP contribution is 2.22. The molecule has 7 heteroatoms. The van der Waals surface area contributed by atoms with E-state index < -0.39 is 0 Å². The van der Waals surface area contributed by atoms with Gasteiger partial charge in [0, 0.05) is 19.2 Å². The highest BCUT2D eigenvalue weighted by molar-refractivity contribution is 5.88. The van der Waals surface area contributed by atoms with E-state index in [-0.39, 0.29) is 18.2 Å². The predicted molar refractivity (Wildman–Crippen MR) is 100 cm³/mol. The number of carbonyl (C=O) groups is 2. The number of aromatic nitrogens is 1. The topological polar surface area (TPSA) is 97.4 Å². The van der Waals surface area contributed by atoms with Gasteiger partial charge in [0.15, 0.2) is 5.76 Å². The Labute approximate surface area is 156 Å². The average Bonchev–Trinajstić information content (AvgIpc) is 3.26. The number of hydrogen-bond donors (Lipinski definition) is 2. The molecule has 7 nitrogen and oxygen atoms in total. The Bertz CT molecular complexity index is 911. The van der Waals surface area contributed by atoms with Crippen molar-refractivity contribution in [2.75, 3.05) is 11.9 Å². The Morgan fingerprint density at radius 2 is 1.93 bits per heavy atom. The van der Waals surface area contributed by atoms with E-state index in [1.807, 2.05) is 24.3 Å². The molecule has 0 fully saturated rings. The maximum atomic E-state index is 12.2. The van der Waals surface area contributed by atoms with Crippen LogP contribution in [0.15, 0.2) is 51.5 Å². The van der Waals surface area contributed by atoms with Crippen molar-refractivity contribution in [3.8, 4) is 11.7 Å². The van der Waals surface area contributed by atoms with Crippen molar-refractivity contribution in [3.63, 3.8) is 0 Å². The monoisotopic (exact) mass is 367 g/mol. The molecule has 0 saturated carbocycles. The first kappa shape index (κ1) is 18.4. The first-order valence-electron chi connectivity index (χ1n) is 8.64. The zero-order valence-electron chi connectivity index (χ0n) is 15.2. The molecule has 1 aromatic carbocycles. The first-order chi connectivity index (χ1) is 13.0. The number of anilines is 1. The summed E-state index contributed by atoms with van der Waals surface area (Å²) in [6, 6.07) is 11.0. The van der Waals surface area contributed by atoms with E-state index in [0.29, 0.717) is 36.1 Å². The molecule has 2 N–H and O–H groups in total. The van der Waals surface area contributed by atoms with Crippen molar-refractivity contribution in [3.05, 3.63) is 59.7 Å². The zero-order valence-corrected chi connectivity index (χ0v) is 15.2. The van der Waals surface area contributed by atoms with Gasteiger partial charge in [-0.25, -0.2) is 4.98 Å². The van der Waals surface area contributed by atoms with Crippen molar-refractivity contribution in [2.24, 2.45) is 0 Å². The fourth-order valence-corrected chi connectivity index (χ4v) is 2.62. The van der Waals surface area contributed by atoms with E-state index in [2.05, 4.69) is 15.6 Å². The van der Waals surface area contributed by atoms with Crippen LogP contribution < -0.4 is 10.6 Å². The lowest BCUT2D eigenvalue weighted by molar-refractivity contribution is -0.120. The van der Waals surface area contributed by atoms with Gasteiger partial charge in [0.25, 0.3) is 5.89 Å². The van der Waals surface area contributed by atoms with Crippen molar-refractivity contribution < 1.29 is 18.4 Å². The van der Waals surface area contributed by atoms with Gasteiger partial charge in [-0.2, -0.15) is 0 Å². The molecule has 0 aliphatic carbocycles. The van der Waals surface area contributed by atoms with E-state index in [4.69, 9.17) is 8.83 Å². The van der Waals surface area contributed by atoms with Gasteiger partial charge in [-0.3, -0.25) is 9.59 Å². The molecule has 0 aliphatic rings. The molecule has 0 unspecified atom stereocenters. The van der Waals surface area contributed by atoms with Crippen LogP contribution in [0.1, 0.15) is 23.9 Å². The second kappa shape index (κ2) is 8.35. The third-order valence-corrected chi connectivity index (χ3v) is 3.96. The molecule has 2 aromatic heterocycles. The molecule has 0 radical (unpaired) electrons. The van der Waals surface area contributed by atoms with Crippen molar-refractivity contribution in [1.29, 1.82) is 0 Å². The highest BCUT2D eigenvalue weighted by Gasteiger charge is 2.15. The molecule has 0 atom stereocenters. The highest BCUT2D eigenvalue weighted by atomic mass is 16.4. The van der Waals surface area contributed by atoms with Gasteiger partial charge in [0.2, 0.25) is 11.8 Å². The summed E-state index contributed by atoms with van der Waals surface area (Å²) in [5.41, 5.74) is 2.42. The Hall–Kier alpha value is -3.35. The minimum absolute atomic E-state index is 0.103. The van der Waals surface area contributed by atoms with Crippen LogP contribution in [0.5, 0.6) is 0 Å². The number of nitrogens with zero attached hydrogens (tertiary/aromatic N) is 1. The number of nitrogens with one attached hydrogen (secondary N) is 2. The summed E-state index contributed by atoms with van der Waals surface area (Å²) in [6.45, 7) is 3.76. The second-order valence-electron chi connectivity index (χ2n) is 6.15. The van der Waals surface area contributed by atoms with Gasteiger partial charge in [0.1, 0.15) is 5.76 Å². The van der Waals surface area contributed by atoms with E-state index in [1.54, 1.807) is 25.3 Å². The summed E-state index contributed by atoms with van der Waals surface area (Å²) in [5, 5.41) is 5.60. The Kier molecular flexibility index (Phi) is 5.71. The SMILES string of the molecule is CC(=O)Nc1ccc(CCNC(=O)Cc2nc(-c3ccco3)oc2C)cc1. The fourth-order valence-electron chi connectivity index (χ4n) is 2.62. The maximum absolute atomic E-state index is 12.2. The molecule has 3 rings (SSSR count). The summed E-state index contributed by atoms with van der Waals surface area (Å²) in [4.78, 5) is 27.5. The zero-order chi connectivity index (χ0) is 19.2. The number of rotatable bonds is 7. The van der Waals surface area contributed by atoms with Crippen molar-refractivity contribution >= 4 is 17.5 Å². The lowest BCUT2D eigenvalue weighted by Gasteiger charge is -2.06. The van der Waals surface area contributed by atoms with Gasteiger partial charge in [-0.05, 0) is 43.2 Å². The van der Waals surface area contributed by atoms with Crippen molar-refractivity contribution in [1.82, 2.24) is 10.3 Å². The minimum atomic E-state index is -0.118. The smallest absolute Gasteiger partial charge is 0.263 e. The molecule has 0 saturated heterocycles. The Morgan fingerprint density at radius 1 is 1.15 bits per heavy atom. The summed E-state index contributed by atoms with van der Waals surface area (Å²) in [5.74, 6) is 1.29. The first-order valence-corrected chi connectivity index (χ1v) is 8.64. The molecule has 0 bridgehead atoms. The third-order valence-electron chi connectivity index (χ3n) is 3.96. The number of aryl methyl sites for hydroxylation is 1. The van der Waals surface area contributed by atoms with Crippen LogP contribution in [0.3, 0.4) is 0 Å². The number of amides is 2. The number of benzene rings is 1. The fraction of sp³-hybridized carbons (Fsp3) is 0.250. The summed E-state index contributed by atoms with van der Waals surface area (Å²) < 4.78 is 10.8. The molecular formula is C20H21N3O4. The average molecular weight is 367 g/mol. The van der Waals surface area contributed by atoms with Crippen LogP contribution in [0.4, 0.5) is 5.69 Å². The molecule has 0 spiro atoms. The predicted octanol–water partition coefficient (Wildman–Crippen LogP) is 3.10. The molecule has 140 valence electrons. The molecule has 27 heavy (non-hydrogen) atoms. The molecule has 2 amide bonds. The molecule has 2 heterocycles. The molecular weight excluding hydrogens is 346 g/mol. The third kappa shape index (κ3) is 5.07. The summed E-state index contributed by atoms with van der Waals surface area (Å²) in [6.07, 6.45) is 2.39. The second-order valence-corrected chi connectivity index (χ2v) is 6.15. The van der Waals surface area contributed by atoms with E-state index >= 15 is 0 Å². The van der Waals surface area contributed by atoms with Crippen LogP contribution in [-0.4, -0.2) is 23.3 Å². The maximum Gasteiger partial charge on any atom is 0.263 e. The lowest BCUT2D eigenvalue weighted by atomic mass is 10.1. The van der Waals surface area contributed by atoms with Gasteiger partial charge < -0.3 is 19.5 Å². The van der Waals surface area contributed by atoms with Gasteiger partial charge >= 0.3 is 0 Å². The largest absolute Gasteiger partial charge is 0.459 e. The summed E-state index contributed by atoms with van der Waals surface area (Å²) in [7, 11) is 0. The molecule has 0 aliphatic heterocycles. The number of hydrogen-bond acceptors (Lipinski definition) is 5. The van der Waals surface area contributed by atoms with Crippen LogP contribution in [-0.2, 0) is 22.4 Å². The van der Waals surface area contributed by atoms with Gasteiger partial charge in [0.05, 0.1) is 18.4 Å². The van der Waals surface area contributed by atoms with E-state index in [1.165, 1.54) is 6.92 Å².